The second-order valence-corrected chi connectivity index (χ2v) is 19.7. The summed E-state index contributed by atoms with van der Waals surface area (Å²) >= 11 is 0. The molecule has 0 bridgehead atoms. The van der Waals surface area contributed by atoms with Crippen LogP contribution in [0.3, 0.4) is 0 Å². The quantitative estimate of drug-likeness (QED) is 0.358. The molecule has 5 aliphatic carbocycles. The van der Waals surface area contributed by atoms with Gasteiger partial charge in [-0.1, -0.05) is 34.6 Å². The monoisotopic (exact) mass is 687 g/mol. The number of carbonyl (C=O) groups is 1. The molecule has 9 heteroatoms. The van der Waals surface area contributed by atoms with Gasteiger partial charge < -0.3 is 33.9 Å². The van der Waals surface area contributed by atoms with Crippen LogP contribution in [0.4, 0.5) is 0 Å². The first-order chi connectivity index (χ1) is 23.0. The zero-order valence-corrected chi connectivity index (χ0v) is 31.5. The fourth-order valence-electron chi connectivity index (χ4n) is 14.6. The second kappa shape index (κ2) is 11.6. The number of fused-ring (bicyclic) bond motifs is 4. The van der Waals surface area contributed by atoms with Gasteiger partial charge in [0.05, 0.1) is 43.2 Å². The number of carbonyl (C=O) groups excluding carboxylic acids is 1. The summed E-state index contributed by atoms with van der Waals surface area (Å²) in [5, 5.41) is 23.6. The Morgan fingerprint density at radius 3 is 2.43 bits per heavy atom. The number of morpholine rings is 1. The van der Waals surface area contributed by atoms with Gasteiger partial charge in [-0.2, -0.15) is 0 Å². The third-order valence-corrected chi connectivity index (χ3v) is 16.9. The van der Waals surface area contributed by atoms with E-state index in [9.17, 15) is 15.0 Å². The molecular formula is C40H65NO8. The number of aliphatic hydroxyl groups excluding tert-OH is 1. The number of aliphatic hydroxyl groups is 2. The van der Waals surface area contributed by atoms with Crippen LogP contribution in [0.1, 0.15) is 113 Å². The molecule has 0 amide bonds. The van der Waals surface area contributed by atoms with Gasteiger partial charge in [0.2, 0.25) is 0 Å². The molecular weight excluding hydrogens is 622 g/mol. The number of rotatable bonds is 6. The van der Waals surface area contributed by atoms with Crippen molar-refractivity contribution in [2.75, 3.05) is 32.9 Å². The van der Waals surface area contributed by atoms with E-state index in [-0.39, 0.29) is 52.0 Å². The predicted molar refractivity (Wildman–Crippen MR) is 183 cm³/mol. The number of hydrogen-bond donors (Lipinski definition) is 2. The Hall–Kier alpha value is -0.810. The Morgan fingerprint density at radius 2 is 1.73 bits per heavy atom. The summed E-state index contributed by atoms with van der Waals surface area (Å²) in [6, 6.07) is 0.489. The molecule has 2 N–H and O–H groups in total. The largest absolute Gasteiger partial charge is 0.457 e. The highest BCUT2D eigenvalue weighted by atomic mass is 16.7. The summed E-state index contributed by atoms with van der Waals surface area (Å²) in [4.78, 5) is 14.6. The van der Waals surface area contributed by atoms with E-state index in [4.69, 9.17) is 23.7 Å². The van der Waals surface area contributed by atoms with Crippen molar-refractivity contribution < 1.29 is 38.7 Å². The zero-order chi connectivity index (χ0) is 34.9. The van der Waals surface area contributed by atoms with Crippen molar-refractivity contribution in [1.82, 2.24) is 4.90 Å². The highest BCUT2D eigenvalue weighted by Gasteiger charge is 2.84. The zero-order valence-electron chi connectivity index (χ0n) is 31.5. The van der Waals surface area contributed by atoms with Gasteiger partial charge in [0.1, 0.15) is 0 Å². The molecule has 8 rings (SSSR count). The van der Waals surface area contributed by atoms with Crippen LogP contribution in [-0.2, 0) is 28.5 Å². The van der Waals surface area contributed by atoms with E-state index in [0.29, 0.717) is 29.7 Å². The van der Waals surface area contributed by atoms with Gasteiger partial charge in [-0.15, -0.1) is 0 Å². The first-order valence-corrected chi connectivity index (χ1v) is 19.8. The molecule has 278 valence electrons. The van der Waals surface area contributed by atoms with Crippen molar-refractivity contribution in [2.45, 2.75) is 162 Å². The maximum absolute atomic E-state index is 12.6. The summed E-state index contributed by atoms with van der Waals surface area (Å²) in [5.74, 6) is 1.12. The number of hydrogen-bond acceptors (Lipinski definition) is 9. The summed E-state index contributed by atoms with van der Waals surface area (Å²) in [7, 11) is 0. The molecule has 0 radical (unpaired) electrons. The molecule has 0 aromatic rings. The maximum Gasteiger partial charge on any atom is 0.303 e. The van der Waals surface area contributed by atoms with Gasteiger partial charge >= 0.3 is 5.97 Å². The number of esters is 1. The molecule has 49 heavy (non-hydrogen) atoms. The molecule has 15 atom stereocenters. The molecule has 8 fully saturated rings. The van der Waals surface area contributed by atoms with Crippen LogP contribution in [0.2, 0.25) is 0 Å². The predicted octanol–water partition coefficient (Wildman–Crippen LogP) is 5.33. The fraction of sp³-hybridized carbons (Fsp3) is 0.975. The van der Waals surface area contributed by atoms with Crippen molar-refractivity contribution in [1.29, 1.82) is 0 Å². The SMILES string of the molecule is CC(=O)O[C@@H]([C@H]1C[C@@H](C)C2[C@H](O1)[C@H](O)[C@@]1(C)C3CC[C@H]4C(C)(C)[C@@H](O[C@H]5CN(C6CCOC6)CCO5)CC[C@@]45C[C@@]35CC[C@]21C)C(C)(C)O. The lowest BCUT2D eigenvalue weighted by molar-refractivity contribution is -0.251. The van der Waals surface area contributed by atoms with Crippen LogP contribution in [-0.4, -0.2) is 102 Å². The van der Waals surface area contributed by atoms with Crippen LogP contribution in [0.5, 0.6) is 0 Å². The van der Waals surface area contributed by atoms with Gasteiger partial charge in [0.25, 0.3) is 0 Å². The third-order valence-electron chi connectivity index (χ3n) is 16.9. The normalized spacial score (nSPS) is 52.6. The van der Waals surface area contributed by atoms with Gasteiger partial charge in [-0.05, 0) is 117 Å². The lowest BCUT2D eigenvalue weighted by Gasteiger charge is -2.64. The van der Waals surface area contributed by atoms with Gasteiger partial charge in [-0.3, -0.25) is 9.69 Å². The van der Waals surface area contributed by atoms with Crippen LogP contribution in [0, 0.1) is 50.7 Å². The van der Waals surface area contributed by atoms with Crippen LogP contribution in [0.25, 0.3) is 0 Å². The highest BCUT2D eigenvalue weighted by Crippen LogP contribution is 2.89. The minimum absolute atomic E-state index is 0.0480. The number of nitrogens with zero attached hydrogens (tertiary/aromatic N) is 1. The smallest absolute Gasteiger partial charge is 0.303 e. The van der Waals surface area contributed by atoms with Gasteiger partial charge in [-0.25, -0.2) is 0 Å². The van der Waals surface area contributed by atoms with Crippen LogP contribution in [0.15, 0.2) is 0 Å². The van der Waals surface area contributed by atoms with E-state index in [1.807, 2.05) is 0 Å². The molecule has 5 saturated carbocycles. The minimum atomic E-state index is -1.25. The Bertz CT molecular complexity index is 1300. The summed E-state index contributed by atoms with van der Waals surface area (Å²) in [6.45, 7) is 21.1. The molecule has 9 nitrogen and oxygen atoms in total. The van der Waals surface area contributed by atoms with Gasteiger partial charge in [0, 0.05) is 38.1 Å². The minimum Gasteiger partial charge on any atom is -0.457 e. The lowest BCUT2D eigenvalue weighted by atomic mass is 9.41. The number of ether oxygens (including phenoxy) is 5. The van der Waals surface area contributed by atoms with Gasteiger partial charge in [0.15, 0.2) is 12.4 Å². The van der Waals surface area contributed by atoms with E-state index in [1.54, 1.807) is 13.8 Å². The molecule has 3 saturated heterocycles. The molecule has 3 heterocycles. The van der Waals surface area contributed by atoms with E-state index < -0.39 is 29.9 Å². The van der Waals surface area contributed by atoms with E-state index in [1.165, 1.54) is 32.6 Å². The average molecular weight is 688 g/mol. The van der Waals surface area contributed by atoms with Crippen molar-refractivity contribution >= 4 is 5.97 Å². The molecule has 0 aromatic carbocycles. The lowest BCUT2D eigenvalue weighted by Crippen LogP contribution is -2.60. The third kappa shape index (κ3) is 4.90. The molecule has 0 aromatic heterocycles. The molecule has 8 aliphatic rings. The Labute approximate surface area is 294 Å². The summed E-state index contributed by atoms with van der Waals surface area (Å²) < 4.78 is 31.5. The summed E-state index contributed by atoms with van der Waals surface area (Å²) in [5.41, 5.74) is -0.953. The molecule has 3 aliphatic heterocycles. The molecule has 3 unspecified atom stereocenters. The van der Waals surface area contributed by atoms with Crippen molar-refractivity contribution in [3.63, 3.8) is 0 Å². The summed E-state index contributed by atoms with van der Waals surface area (Å²) in [6.07, 6.45) is 7.85. The Balaban J connectivity index is 1.02. The fourth-order valence-corrected chi connectivity index (χ4v) is 14.6. The first kappa shape index (κ1) is 35.2. The Morgan fingerprint density at radius 1 is 1.00 bits per heavy atom. The van der Waals surface area contributed by atoms with Crippen LogP contribution >= 0.6 is 0 Å². The van der Waals surface area contributed by atoms with Crippen molar-refractivity contribution in [3.8, 4) is 0 Å². The average Bonchev–Trinajstić information content (AvgIpc) is 3.29. The van der Waals surface area contributed by atoms with Crippen molar-refractivity contribution in [2.24, 2.45) is 50.7 Å². The van der Waals surface area contributed by atoms with Crippen molar-refractivity contribution in [3.05, 3.63) is 0 Å². The Kier molecular flexibility index (Phi) is 8.34. The van der Waals surface area contributed by atoms with E-state index in [0.717, 1.165) is 58.6 Å². The topological polar surface area (TPSA) is 107 Å². The van der Waals surface area contributed by atoms with Crippen LogP contribution < -0.4 is 0 Å². The van der Waals surface area contributed by atoms with E-state index >= 15 is 0 Å². The standard InChI is InChI=1S/C40H65NO8/c1-23-19-26(34(36(5,6)44)47-24(2)42)48-32-31(23)37(7)14-15-40-22-39(40)13-11-29(49-30-20-41(16-18-46-30)25-12-17-45-21-25)35(3,4)27(39)9-10-28(40)38(37,8)33(32)43/h23,25-34,43-44H,9-22H2,1-8H3/t23-,25?,26-,27+,28?,29+,30+,31?,32+,33+,34+,37-,38-,39-,40+/m1/s1. The highest BCUT2D eigenvalue weighted by molar-refractivity contribution is 5.66. The molecule has 2 spiro atoms. The second-order valence-electron chi connectivity index (χ2n) is 19.7. The first-order valence-electron chi connectivity index (χ1n) is 19.8. The maximum atomic E-state index is 12.6. The van der Waals surface area contributed by atoms with E-state index in [2.05, 4.69) is 39.5 Å².